The van der Waals surface area contributed by atoms with E-state index in [-0.39, 0.29) is 23.4 Å². The Hall–Kier alpha value is -3.17. The van der Waals surface area contributed by atoms with Crippen LogP contribution in [-0.4, -0.2) is 67.6 Å². The molecule has 194 valence electrons. The fourth-order valence-electron chi connectivity index (χ4n) is 4.14. The maximum atomic E-state index is 13.8. The van der Waals surface area contributed by atoms with Gasteiger partial charge < -0.3 is 9.88 Å². The first kappa shape index (κ1) is 25.5. The molecule has 0 atom stereocenters. The van der Waals surface area contributed by atoms with Crippen molar-refractivity contribution in [1.29, 1.82) is 0 Å². The molecule has 1 aromatic carbocycles. The van der Waals surface area contributed by atoms with Gasteiger partial charge in [0.1, 0.15) is 28.8 Å². The van der Waals surface area contributed by atoms with E-state index in [2.05, 4.69) is 46.2 Å². The molecule has 1 N–H and O–H groups in total. The van der Waals surface area contributed by atoms with Gasteiger partial charge in [0.25, 0.3) is 0 Å². The molecule has 3 aromatic heterocycles. The van der Waals surface area contributed by atoms with Crippen molar-refractivity contribution in [1.82, 2.24) is 33.8 Å². The van der Waals surface area contributed by atoms with Crippen molar-refractivity contribution in [2.45, 2.75) is 25.1 Å². The molecule has 15 heteroatoms. The molecule has 10 nitrogen and oxygen atoms in total. The Morgan fingerprint density at radius 2 is 1.81 bits per heavy atom. The Labute approximate surface area is 218 Å². The molecule has 0 amide bonds. The van der Waals surface area contributed by atoms with Crippen LogP contribution in [0.2, 0.25) is 0 Å². The summed E-state index contributed by atoms with van der Waals surface area (Å²) >= 11 is 3.51. The minimum atomic E-state index is -4.70. The van der Waals surface area contributed by atoms with Gasteiger partial charge in [0.15, 0.2) is 0 Å². The smallest absolute Gasteiger partial charge is 0.351 e. The number of hydrogen-bond acceptors (Lipinski definition) is 8. The first-order valence-electron chi connectivity index (χ1n) is 11.1. The number of benzene rings is 1. The van der Waals surface area contributed by atoms with Gasteiger partial charge in [0.2, 0.25) is 16.0 Å². The van der Waals surface area contributed by atoms with Gasteiger partial charge >= 0.3 is 6.18 Å². The average molecular weight is 597 g/mol. The van der Waals surface area contributed by atoms with Crippen LogP contribution in [0.5, 0.6) is 0 Å². The summed E-state index contributed by atoms with van der Waals surface area (Å²) in [6.45, 7) is 0.610. The molecule has 37 heavy (non-hydrogen) atoms. The molecule has 5 rings (SSSR count). The fraction of sp³-hybridized carbons (Fsp3) is 0.318. The minimum absolute atomic E-state index is 0.0100. The second kappa shape index (κ2) is 9.61. The zero-order chi connectivity index (χ0) is 26.4. The van der Waals surface area contributed by atoms with Gasteiger partial charge in [-0.1, -0.05) is 0 Å². The summed E-state index contributed by atoms with van der Waals surface area (Å²) in [5.41, 5.74) is 0.502. The van der Waals surface area contributed by atoms with Crippen LogP contribution in [0.15, 0.2) is 47.7 Å². The highest BCUT2D eigenvalue weighted by Crippen LogP contribution is 2.36. The first-order chi connectivity index (χ1) is 17.5. The second-order valence-electron chi connectivity index (χ2n) is 8.52. The van der Waals surface area contributed by atoms with E-state index in [9.17, 15) is 21.6 Å². The van der Waals surface area contributed by atoms with Crippen molar-refractivity contribution in [2.75, 3.05) is 24.7 Å². The number of fused-ring (bicyclic) bond motifs is 1. The number of rotatable bonds is 5. The van der Waals surface area contributed by atoms with Crippen LogP contribution in [0.4, 0.5) is 19.1 Å². The fourth-order valence-corrected chi connectivity index (χ4v) is 5.65. The lowest BCUT2D eigenvalue weighted by Gasteiger charge is -2.30. The number of aromatic nitrogens is 6. The van der Waals surface area contributed by atoms with Gasteiger partial charge in [-0.25, -0.2) is 27.7 Å². The summed E-state index contributed by atoms with van der Waals surface area (Å²) in [5.74, 6) is 0.0116. The highest BCUT2D eigenvalue weighted by atomic mass is 79.9. The lowest BCUT2D eigenvalue weighted by atomic mass is 10.1. The molecule has 0 bridgehead atoms. The van der Waals surface area contributed by atoms with Gasteiger partial charge in [0.05, 0.1) is 21.9 Å². The molecule has 0 saturated carbocycles. The van der Waals surface area contributed by atoms with E-state index >= 15 is 0 Å². The number of halogens is 4. The monoisotopic (exact) mass is 596 g/mol. The zero-order valence-electron chi connectivity index (χ0n) is 19.3. The van der Waals surface area contributed by atoms with E-state index in [1.165, 1.54) is 16.8 Å². The summed E-state index contributed by atoms with van der Waals surface area (Å²) in [7, 11) is -3.29. The Balaban J connectivity index is 1.45. The highest BCUT2D eigenvalue weighted by molar-refractivity contribution is 9.10. The lowest BCUT2D eigenvalue weighted by molar-refractivity contribution is -0.137. The standard InChI is InChI=1S/C22H20BrF3N8O2S/c1-37(35,36)34-8-4-13(5-9-34)31-21-29-10-14(22(24,25)26)19(32-21)16-11-33(12-30-16)17-3-2-15-20(18(17)23)28-7-6-27-15/h2-3,6-7,10-13H,4-5,8-9H2,1H3,(H,29,31,32). The zero-order valence-corrected chi connectivity index (χ0v) is 21.7. The number of hydrogen-bond donors (Lipinski definition) is 1. The van der Waals surface area contributed by atoms with Crippen LogP contribution >= 0.6 is 15.9 Å². The quantitative estimate of drug-likeness (QED) is 0.368. The van der Waals surface area contributed by atoms with E-state index in [0.717, 1.165) is 12.5 Å². The first-order valence-corrected chi connectivity index (χ1v) is 13.7. The predicted molar refractivity (Wildman–Crippen MR) is 133 cm³/mol. The summed E-state index contributed by atoms with van der Waals surface area (Å²) < 4.78 is 68.5. The number of piperidine rings is 1. The maximum absolute atomic E-state index is 13.8. The molecule has 4 aromatic rings. The third-order valence-corrected chi connectivity index (χ3v) is 8.10. The molecular formula is C22H20BrF3N8O2S. The minimum Gasteiger partial charge on any atom is -0.351 e. The highest BCUT2D eigenvalue weighted by Gasteiger charge is 2.36. The van der Waals surface area contributed by atoms with Gasteiger partial charge in [0, 0.05) is 43.9 Å². The maximum Gasteiger partial charge on any atom is 0.420 e. The van der Waals surface area contributed by atoms with E-state index in [1.807, 2.05) is 0 Å². The Morgan fingerprint density at radius 3 is 2.51 bits per heavy atom. The Kier molecular flexibility index (Phi) is 6.62. The van der Waals surface area contributed by atoms with E-state index in [4.69, 9.17) is 0 Å². The molecule has 0 unspecified atom stereocenters. The Morgan fingerprint density at radius 1 is 1.08 bits per heavy atom. The molecule has 4 heterocycles. The Bertz CT molecular complexity index is 1570. The van der Waals surface area contributed by atoms with Gasteiger partial charge in [-0.15, -0.1) is 0 Å². The summed E-state index contributed by atoms with van der Waals surface area (Å²) in [6, 6.07) is 3.33. The van der Waals surface area contributed by atoms with Gasteiger partial charge in [-0.05, 0) is 40.9 Å². The van der Waals surface area contributed by atoms with Crippen LogP contribution in [0, 0.1) is 0 Å². The lowest BCUT2D eigenvalue weighted by Crippen LogP contribution is -2.42. The molecule has 1 aliphatic heterocycles. The van der Waals surface area contributed by atoms with Crippen LogP contribution < -0.4 is 5.32 Å². The molecule has 1 fully saturated rings. The number of imidazole rings is 1. The van der Waals surface area contributed by atoms with Crippen molar-refractivity contribution in [3.8, 4) is 17.1 Å². The molecule has 1 saturated heterocycles. The van der Waals surface area contributed by atoms with Crippen LogP contribution in [0.1, 0.15) is 18.4 Å². The molecule has 0 spiro atoms. The van der Waals surface area contributed by atoms with Crippen LogP contribution in [-0.2, 0) is 16.2 Å². The molecule has 0 radical (unpaired) electrons. The number of nitrogens with zero attached hydrogens (tertiary/aromatic N) is 7. The molecule has 1 aliphatic rings. The summed E-state index contributed by atoms with van der Waals surface area (Å²) in [6.07, 6.45) is 4.09. The number of sulfonamides is 1. The van der Waals surface area contributed by atoms with Crippen molar-refractivity contribution in [3.63, 3.8) is 0 Å². The van der Waals surface area contributed by atoms with Crippen molar-refractivity contribution in [3.05, 3.63) is 53.3 Å². The van der Waals surface area contributed by atoms with E-state index in [1.54, 1.807) is 29.1 Å². The van der Waals surface area contributed by atoms with Crippen molar-refractivity contribution >= 4 is 42.9 Å². The molecule has 0 aliphatic carbocycles. The van der Waals surface area contributed by atoms with E-state index < -0.39 is 21.8 Å². The van der Waals surface area contributed by atoms with Crippen LogP contribution in [0.3, 0.4) is 0 Å². The van der Waals surface area contributed by atoms with E-state index in [0.29, 0.717) is 47.1 Å². The summed E-state index contributed by atoms with van der Waals surface area (Å²) in [5, 5.41) is 3.04. The number of alkyl halides is 3. The van der Waals surface area contributed by atoms with Gasteiger partial charge in [-0.2, -0.15) is 13.2 Å². The average Bonchev–Trinajstić information content (AvgIpc) is 3.33. The topological polar surface area (TPSA) is 119 Å². The number of anilines is 1. The normalized spacial score (nSPS) is 15.8. The number of nitrogens with one attached hydrogen (secondary N) is 1. The third-order valence-electron chi connectivity index (χ3n) is 6.01. The van der Waals surface area contributed by atoms with Crippen molar-refractivity contribution < 1.29 is 21.6 Å². The third kappa shape index (κ3) is 5.29. The van der Waals surface area contributed by atoms with Crippen molar-refractivity contribution in [2.24, 2.45) is 0 Å². The molecular weight excluding hydrogens is 577 g/mol. The van der Waals surface area contributed by atoms with Crippen LogP contribution in [0.25, 0.3) is 28.1 Å². The predicted octanol–water partition coefficient (Wildman–Crippen LogP) is 3.89. The SMILES string of the molecule is CS(=O)(=O)N1CCC(Nc2ncc(C(F)(F)F)c(-c3cn(-c4ccc5nccnc5c4Br)cn3)n2)CC1. The summed E-state index contributed by atoms with van der Waals surface area (Å²) in [4.78, 5) is 20.8. The second-order valence-corrected chi connectivity index (χ2v) is 11.3. The largest absolute Gasteiger partial charge is 0.420 e. The van der Waals surface area contributed by atoms with Gasteiger partial charge in [-0.3, -0.25) is 9.97 Å².